The Kier molecular flexibility index (Phi) is 7.65. The summed E-state index contributed by atoms with van der Waals surface area (Å²) in [6, 6.07) is 0. The van der Waals surface area contributed by atoms with Crippen LogP contribution in [0.15, 0.2) is 5.38 Å². The third-order valence-electron chi connectivity index (χ3n) is 2.92. The van der Waals surface area contributed by atoms with E-state index in [1.54, 1.807) is 0 Å². The molecule has 0 saturated carbocycles. The molecular formula is C14H24N2OS. The number of rotatable bonds is 9. The Bertz CT molecular complexity index is 349. The Hall–Kier alpha value is -0.900. The summed E-state index contributed by atoms with van der Waals surface area (Å²) in [6.07, 6.45) is 8.81. The van der Waals surface area contributed by atoms with Gasteiger partial charge in [-0.3, -0.25) is 4.79 Å². The molecule has 0 bridgehead atoms. The first-order valence-corrected chi connectivity index (χ1v) is 7.88. The zero-order valence-corrected chi connectivity index (χ0v) is 12.3. The van der Waals surface area contributed by atoms with Crippen LogP contribution in [0.1, 0.15) is 64.5 Å². The summed E-state index contributed by atoms with van der Waals surface area (Å²) in [4.78, 5) is 16.0. The molecule has 0 aliphatic carbocycles. The smallest absolute Gasteiger partial charge is 0.226 e. The lowest BCUT2D eigenvalue weighted by atomic mass is 10.1. The number of unbranched alkanes of at least 4 members (excludes halogenated alkanes) is 5. The summed E-state index contributed by atoms with van der Waals surface area (Å²) in [5, 5.41) is 5.61. The van der Waals surface area contributed by atoms with Gasteiger partial charge in [0.1, 0.15) is 0 Å². The molecule has 1 amide bonds. The first kappa shape index (κ1) is 15.2. The van der Waals surface area contributed by atoms with Crippen molar-refractivity contribution in [3.8, 4) is 0 Å². The Balaban J connectivity index is 2.10. The number of anilines is 1. The van der Waals surface area contributed by atoms with Gasteiger partial charge in [-0.05, 0) is 12.8 Å². The number of thiazole rings is 1. The third-order valence-corrected chi connectivity index (χ3v) is 3.72. The first-order valence-electron chi connectivity index (χ1n) is 7.00. The van der Waals surface area contributed by atoms with Crippen molar-refractivity contribution in [2.24, 2.45) is 0 Å². The van der Waals surface area contributed by atoms with E-state index in [9.17, 15) is 4.79 Å². The molecule has 1 aromatic rings. The molecule has 0 atom stereocenters. The largest absolute Gasteiger partial charge is 0.302 e. The quantitative estimate of drug-likeness (QED) is 0.675. The van der Waals surface area contributed by atoms with E-state index >= 15 is 0 Å². The predicted octanol–water partition coefficient (Wildman–Crippen LogP) is 4.39. The third kappa shape index (κ3) is 6.15. The van der Waals surface area contributed by atoms with Gasteiger partial charge in [0.2, 0.25) is 5.91 Å². The second kappa shape index (κ2) is 9.09. The number of nitrogens with zero attached hydrogens (tertiary/aromatic N) is 1. The summed E-state index contributed by atoms with van der Waals surface area (Å²) < 4.78 is 0. The maximum atomic E-state index is 11.7. The van der Waals surface area contributed by atoms with Gasteiger partial charge in [-0.2, -0.15) is 0 Å². The van der Waals surface area contributed by atoms with Crippen molar-refractivity contribution >= 4 is 22.4 Å². The minimum atomic E-state index is 0.0995. The van der Waals surface area contributed by atoms with Gasteiger partial charge in [0.05, 0.1) is 5.69 Å². The summed E-state index contributed by atoms with van der Waals surface area (Å²) >= 11 is 1.51. The Labute approximate surface area is 114 Å². The first-order chi connectivity index (χ1) is 8.76. The van der Waals surface area contributed by atoms with Crippen molar-refractivity contribution in [2.75, 3.05) is 5.32 Å². The number of hydrogen-bond donors (Lipinski definition) is 1. The predicted molar refractivity (Wildman–Crippen MR) is 78.1 cm³/mol. The average Bonchev–Trinajstić information content (AvgIpc) is 2.81. The zero-order chi connectivity index (χ0) is 13.2. The van der Waals surface area contributed by atoms with Gasteiger partial charge in [0.25, 0.3) is 0 Å². The molecule has 0 fully saturated rings. The molecule has 0 aromatic carbocycles. The van der Waals surface area contributed by atoms with Gasteiger partial charge in [-0.15, -0.1) is 11.3 Å². The molecule has 0 saturated heterocycles. The number of nitrogens with one attached hydrogen (secondary N) is 1. The Morgan fingerprint density at radius 1 is 1.22 bits per heavy atom. The lowest BCUT2D eigenvalue weighted by Gasteiger charge is -2.02. The zero-order valence-electron chi connectivity index (χ0n) is 11.5. The molecular weight excluding hydrogens is 244 g/mol. The van der Waals surface area contributed by atoms with E-state index in [1.807, 2.05) is 5.38 Å². The number of hydrogen-bond acceptors (Lipinski definition) is 3. The van der Waals surface area contributed by atoms with Gasteiger partial charge < -0.3 is 5.32 Å². The van der Waals surface area contributed by atoms with E-state index < -0.39 is 0 Å². The molecule has 1 heterocycles. The monoisotopic (exact) mass is 268 g/mol. The molecule has 0 radical (unpaired) electrons. The maximum Gasteiger partial charge on any atom is 0.226 e. The molecule has 0 aliphatic rings. The molecule has 0 spiro atoms. The van der Waals surface area contributed by atoms with Crippen LogP contribution in [0.5, 0.6) is 0 Å². The van der Waals surface area contributed by atoms with Crippen molar-refractivity contribution in [1.82, 2.24) is 4.98 Å². The van der Waals surface area contributed by atoms with E-state index in [0.717, 1.165) is 30.1 Å². The number of carbonyl (C=O) groups excluding carboxylic acids is 1. The highest BCUT2D eigenvalue weighted by atomic mass is 32.1. The van der Waals surface area contributed by atoms with Crippen molar-refractivity contribution in [3.63, 3.8) is 0 Å². The average molecular weight is 268 g/mol. The maximum absolute atomic E-state index is 11.7. The standard InChI is InChI=1S/C14H24N2OS/c1-3-5-6-7-8-9-10-13(17)16-14-15-12(4-2)11-18-14/h11H,3-10H2,1-2H3,(H,15,16,17). The van der Waals surface area contributed by atoms with Crippen LogP contribution in [-0.2, 0) is 11.2 Å². The fourth-order valence-corrected chi connectivity index (χ4v) is 2.58. The highest BCUT2D eigenvalue weighted by molar-refractivity contribution is 7.13. The van der Waals surface area contributed by atoms with Crippen LogP contribution >= 0.6 is 11.3 Å². The summed E-state index contributed by atoms with van der Waals surface area (Å²) in [6.45, 7) is 4.28. The molecule has 102 valence electrons. The van der Waals surface area contributed by atoms with Crippen molar-refractivity contribution < 1.29 is 4.79 Å². The lowest BCUT2D eigenvalue weighted by molar-refractivity contribution is -0.116. The summed E-state index contributed by atoms with van der Waals surface area (Å²) in [5.41, 5.74) is 1.05. The van der Waals surface area contributed by atoms with Crippen molar-refractivity contribution in [1.29, 1.82) is 0 Å². The fraction of sp³-hybridized carbons (Fsp3) is 0.714. The van der Waals surface area contributed by atoms with E-state index in [-0.39, 0.29) is 5.91 Å². The van der Waals surface area contributed by atoms with Crippen LogP contribution in [0, 0.1) is 0 Å². The minimum Gasteiger partial charge on any atom is -0.302 e. The van der Waals surface area contributed by atoms with Crippen LogP contribution in [0.25, 0.3) is 0 Å². The molecule has 4 heteroatoms. The van der Waals surface area contributed by atoms with Crippen molar-refractivity contribution in [2.45, 2.75) is 65.2 Å². The van der Waals surface area contributed by atoms with E-state index in [1.165, 1.54) is 37.0 Å². The van der Waals surface area contributed by atoms with Crippen LogP contribution in [0.4, 0.5) is 5.13 Å². The summed E-state index contributed by atoms with van der Waals surface area (Å²) in [7, 11) is 0. The van der Waals surface area contributed by atoms with Gasteiger partial charge in [-0.25, -0.2) is 4.98 Å². The number of aryl methyl sites for hydroxylation is 1. The van der Waals surface area contributed by atoms with Crippen LogP contribution in [-0.4, -0.2) is 10.9 Å². The lowest BCUT2D eigenvalue weighted by Crippen LogP contribution is -2.10. The summed E-state index contributed by atoms with van der Waals surface area (Å²) in [5.74, 6) is 0.0995. The molecule has 18 heavy (non-hydrogen) atoms. The molecule has 3 nitrogen and oxygen atoms in total. The Morgan fingerprint density at radius 3 is 2.61 bits per heavy atom. The van der Waals surface area contributed by atoms with Gasteiger partial charge >= 0.3 is 0 Å². The van der Waals surface area contributed by atoms with Gasteiger partial charge in [0.15, 0.2) is 5.13 Å². The van der Waals surface area contributed by atoms with Crippen LogP contribution in [0.3, 0.4) is 0 Å². The Morgan fingerprint density at radius 2 is 1.94 bits per heavy atom. The van der Waals surface area contributed by atoms with Gasteiger partial charge in [0, 0.05) is 11.8 Å². The fourth-order valence-electron chi connectivity index (χ4n) is 1.77. The normalized spacial score (nSPS) is 10.6. The van der Waals surface area contributed by atoms with Crippen molar-refractivity contribution in [3.05, 3.63) is 11.1 Å². The minimum absolute atomic E-state index is 0.0995. The van der Waals surface area contributed by atoms with E-state index in [0.29, 0.717) is 6.42 Å². The highest BCUT2D eigenvalue weighted by Crippen LogP contribution is 2.16. The van der Waals surface area contributed by atoms with E-state index in [4.69, 9.17) is 0 Å². The number of amides is 1. The topological polar surface area (TPSA) is 42.0 Å². The molecule has 1 aromatic heterocycles. The number of aromatic nitrogens is 1. The molecule has 1 rings (SSSR count). The SMILES string of the molecule is CCCCCCCCC(=O)Nc1nc(CC)cs1. The van der Waals surface area contributed by atoms with Gasteiger partial charge in [-0.1, -0.05) is 46.0 Å². The van der Waals surface area contributed by atoms with Crippen LogP contribution in [0.2, 0.25) is 0 Å². The molecule has 1 N–H and O–H groups in total. The molecule has 0 unspecified atom stereocenters. The molecule has 0 aliphatic heterocycles. The second-order valence-electron chi connectivity index (χ2n) is 4.56. The number of carbonyl (C=O) groups is 1. The highest BCUT2D eigenvalue weighted by Gasteiger charge is 2.05. The second-order valence-corrected chi connectivity index (χ2v) is 5.42. The van der Waals surface area contributed by atoms with E-state index in [2.05, 4.69) is 24.1 Å². The van der Waals surface area contributed by atoms with Crippen LogP contribution < -0.4 is 5.32 Å².